The fourth-order valence-electron chi connectivity index (χ4n) is 3.19. The SMILES string of the molecule is Cc1cccc(NC(=O)COc2ccc(/C=C(\C#N)c3nc4ccccc4[nH]3)cc2Cl)c1. The molecule has 2 N–H and O–H groups in total. The number of ether oxygens (including phenoxy) is 1. The van der Waals surface area contributed by atoms with Crippen LogP contribution in [0.1, 0.15) is 17.0 Å². The van der Waals surface area contributed by atoms with Gasteiger partial charge in [0.05, 0.1) is 21.6 Å². The zero-order chi connectivity index (χ0) is 22.5. The van der Waals surface area contributed by atoms with Crippen LogP contribution in [0, 0.1) is 18.3 Å². The molecular formula is C25H19ClN4O2. The van der Waals surface area contributed by atoms with Crippen molar-refractivity contribution in [2.75, 3.05) is 11.9 Å². The van der Waals surface area contributed by atoms with Crippen LogP contribution in [-0.4, -0.2) is 22.5 Å². The number of carbonyl (C=O) groups excluding carboxylic acids is 1. The van der Waals surface area contributed by atoms with E-state index in [9.17, 15) is 10.1 Å². The molecule has 6 nitrogen and oxygen atoms in total. The number of nitrogens with one attached hydrogen (secondary N) is 2. The van der Waals surface area contributed by atoms with Gasteiger partial charge in [-0.25, -0.2) is 4.98 Å². The number of hydrogen-bond acceptors (Lipinski definition) is 4. The molecule has 0 aliphatic carbocycles. The van der Waals surface area contributed by atoms with Gasteiger partial charge in [-0.1, -0.05) is 41.9 Å². The number of nitrogens with zero attached hydrogens (tertiary/aromatic N) is 2. The summed E-state index contributed by atoms with van der Waals surface area (Å²) in [4.78, 5) is 19.8. The molecule has 32 heavy (non-hydrogen) atoms. The van der Waals surface area contributed by atoms with E-state index in [2.05, 4.69) is 21.4 Å². The van der Waals surface area contributed by atoms with Crippen molar-refractivity contribution in [1.82, 2.24) is 9.97 Å². The number of para-hydroxylation sites is 2. The van der Waals surface area contributed by atoms with Crippen molar-refractivity contribution in [1.29, 1.82) is 5.26 Å². The number of carbonyl (C=O) groups is 1. The monoisotopic (exact) mass is 442 g/mol. The van der Waals surface area contributed by atoms with Gasteiger partial charge in [0.25, 0.3) is 5.91 Å². The van der Waals surface area contributed by atoms with Crippen LogP contribution in [0.3, 0.4) is 0 Å². The molecule has 0 atom stereocenters. The van der Waals surface area contributed by atoms with E-state index in [1.807, 2.05) is 55.5 Å². The molecule has 0 fully saturated rings. The summed E-state index contributed by atoms with van der Waals surface area (Å²) < 4.78 is 5.56. The standard InChI is InChI=1S/C25H19ClN4O2/c1-16-5-4-6-19(11-16)28-24(31)15-32-23-10-9-17(13-20(23)26)12-18(14-27)25-29-21-7-2-3-8-22(21)30-25/h2-13H,15H2,1H3,(H,28,31)(H,29,30)/b18-12+. The summed E-state index contributed by atoms with van der Waals surface area (Å²) in [6, 6.07) is 22.4. The molecule has 158 valence electrons. The molecule has 0 saturated heterocycles. The second kappa shape index (κ2) is 9.38. The summed E-state index contributed by atoms with van der Waals surface area (Å²) in [6.07, 6.45) is 1.69. The Bertz CT molecular complexity index is 1330. The predicted molar refractivity (Wildman–Crippen MR) is 126 cm³/mol. The highest BCUT2D eigenvalue weighted by molar-refractivity contribution is 6.32. The van der Waals surface area contributed by atoms with Crippen molar-refractivity contribution in [2.45, 2.75) is 6.92 Å². The highest BCUT2D eigenvalue weighted by atomic mass is 35.5. The number of imidazole rings is 1. The number of allylic oxidation sites excluding steroid dienone is 1. The molecule has 3 aromatic carbocycles. The van der Waals surface area contributed by atoms with Crippen molar-refractivity contribution in [3.05, 3.63) is 88.7 Å². The van der Waals surface area contributed by atoms with Crippen LogP contribution in [0.2, 0.25) is 5.02 Å². The molecular weight excluding hydrogens is 424 g/mol. The first-order chi connectivity index (χ1) is 15.5. The fraction of sp³-hybridized carbons (Fsp3) is 0.0800. The molecule has 0 aliphatic rings. The van der Waals surface area contributed by atoms with Gasteiger partial charge in [-0.05, 0) is 60.5 Å². The van der Waals surface area contributed by atoms with Crippen molar-refractivity contribution in [3.8, 4) is 11.8 Å². The van der Waals surface area contributed by atoms with Crippen LogP contribution in [0.4, 0.5) is 5.69 Å². The molecule has 0 aliphatic heterocycles. The minimum Gasteiger partial charge on any atom is -0.482 e. The number of halogens is 1. The van der Waals surface area contributed by atoms with Crippen LogP contribution < -0.4 is 10.1 Å². The van der Waals surface area contributed by atoms with Crippen molar-refractivity contribution < 1.29 is 9.53 Å². The molecule has 0 unspecified atom stereocenters. The highest BCUT2D eigenvalue weighted by Gasteiger charge is 2.10. The number of anilines is 1. The van der Waals surface area contributed by atoms with E-state index < -0.39 is 0 Å². The van der Waals surface area contributed by atoms with Gasteiger partial charge in [0.1, 0.15) is 17.6 Å². The Morgan fingerprint density at radius 3 is 2.78 bits per heavy atom. The van der Waals surface area contributed by atoms with E-state index in [0.717, 1.165) is 16.6 Å². The largest absolute Gasteiger partial charge is 0.482 e. The summed E-state index contributed by atoms with van der Waals surface area (Å²) in [5, 5.41) is 12.7. The highest BCUT2D eigenvalue weighted by Crippen LogP contribution is 2.27. The maximum Gasteiger partial charge on any atom is 0.262 e. The lowest BCUT2D eigenvalue weighted by Crippen LogP contribution is -2.20. The maximum atomic E-state index is 12.2. The Balaban J connectivity index is 1.45. The van der Waals surface area contributed by atoms with E-state index in [4.69, 9.17) is 16.3 Å². The van der Waals surface area contributed by atoms with Gasteiger partial charge in [-0.15, -0.1) is 0 Å². The molecule has 4 aromatic rings. The normalized spacial score (nSPS) is 11.2. The molecule has 1 heterocycles. The number of H-pyrrole nitrogens is 1. The molecule has 0 bridgehead atoms. The second-order valence-electron chi connectivity index (χ2n) is 7.17. The smallest absolute Gasteiger partial charge is 0.262 e. The number of aromatic nitrogens is 2. The van der Waals surface area contributed by atoms with Crippen LogP contribution in [-0.2, 0) is 4.79 Å². The first-order valence-corrected chi connectivity index (χ1v) is 10.3. The van der Waals surface area contributed by atoms with Crippen molar-refractivity contribution in [3.63, 3.8) is 0 Å². The molecule has 7 heteroatoms. The van der Waals surface area contributed by atoms with E-state index in [0.29, 0.717) is 33.4 Å². The summed E-state index contributed by atoms with van der Waals surface area (Å²) in [6.45, 7) is 1.78. The number of fused-ring (bicyclic) bond motifs is 1. The van der Waals surface area contributed by atoms with E-state index in [-0.39, 0.29) is 12.5 Å². The third kappa shape index (κ3) is 4.97. The van der Waals surface area contributed by atoms with Crippen LogP contribution in [0.5, 0.6) is 5.75 Å². The van der Waals surface area contributed by atoms with Gasteiger partial charge in [0, 0.05) is 5.69 Å². The minimum absolute atomic E-state index is 0.175. The van der Waals surface area contributed by atoms with Crippen LogP contribution >= 0.6 is 11.6 Å². The second-order valence-corrected chi connectivity index (χ2v) is 7.58. The van der Waals surface area contributed by atoms with Gasteiger partial charge in [0.15, 0.2) is 6.61 Å². The number of aromatic amines is 1. The van der Waals surface area contributed by atoms with E-state index >= 15 is 0 Å². The Kier molecular flexibility index (Phi) is 6.20. The average molecular weight is 443 g/mol. The molecule has 0 spiro atoms. The zero-order valence-electron chi connectivity index (χ0n) is 17.2. The van der Waals surface area contributed by atoms with Gasteiger partial charge < -0.3 is 15.0 Å². The minimum atomic E-state index is -0.285. The van der Waals surface area contributed by atoms with Crippen LogP contribution in [0.25, 0.3) is 22.7 Å². The predicted octanol–water partition coefficient (Wildman–Crippen LogP) is 5.61. The Hall–Kier alpha value is -4.08. The molecule has 0 saturated carbocycles. The molecule has 0 radical (unpaired) electrons. The van der Waals surface area contributed by atoms with E-state index in [1.54, 1.807) is 24.3 Å². The lowest BCUT2D eigenvalue weighted by atomic mass is 10.1. The lowest BCUT2D eigenvalue weighted by Gasteiger charge is -2.10. The Morgan fingerprint density at radius 1 is 1.19 bits per heavy atom. The first kappa shape index (κ1) is 21.2. The van der Waals surface area contributed by atoms with Gasteiger partial charge in [-0.3, -0.25) is 4.79 Å². The number of rotatable bonds is 6. The van der Waals surface area contributed by atoms with Gasteiger partial charge >= 0.3 is 0 Å². The summed E-state index contributed by atoms with van der Waals surface area (Å²) >= 11 is 6.34. The first-order valence-electron chi connectivity index (χ1n) is 9.87. The lowest BCUT2D eigenvalue weighted by molar-refractivity contribution is -0.118. The van der Waals surface area contributed by atoms with Crippen molar-refractivity contribution >= 4 is 45.9 Å². The summed E-state index contributed by atoms with van der Waals surface area (Å²) in [5.74, 6) is 0.579. The van der Waals surface area contributed by atoms with E-state index in [1.165, 1.54) is 0 Å². The molecule has 1 aromatic heterocycles. The quantitative estimate of drug-likeness (QED) is 0.380. The molecule has 1 amide bonds. The number of nitriles is 1. The summed E-state index contributed by atoms with van der Waals surface area (Å²) in [5.41, 5.74) is 4.49. The summed E-state index contributed by atoms with van der Waals surface area (Å²) in [7, 11) is 0. The van der Waals surface area contributed by atoms with Gasteiger partial charge in [0.2, 0.25) is 0 Å². The average Bonchev–Trinajstić information content (AvgIpc) is 3.21. The fourth-order valence-corrected chi connectivity index (χ4v) is 3.43. The zero-order valence-corrected chi connectivity index (χ0v) is 18.0. The van der Waals surface area contributed by atoms with Crippen molar-refractivity contribution in [2.24, 2.45) is 0 Å². The van der Waals surface area contributed by atoms with Gasteiger partial charge in [-0.2, -0.15) is 5.26 Å². The Morgan fingerprint density at radius 2 is 2.03 bits per heavy atom. The number of aryl methyl sites for hydroxylation is 1. The topological polar surface area (TPSA) is 90.8 Å². The van der Waals surface area contributed by atoms with Crippen LogP contribution in [0.15, 0.2) is 66.7 Å². The number of hydrogen-bond donors (Lipinski definition) is 2. The number of benzene rings is 3. The maximum absolute atomic E-state index is 12.2. The Labute approximate surface area is 190 Å². The number of amides is 1. The third-order valence-corrected chi connectivity index (χ3v) is 4.99. The molecule has 4 rings (SSSR count). The third-order valence-electron chi connectivity index (χ3n) is 4.69.